The molecule has 6 rings (SSSR count). The van der Waals surface area contributed by atoms with Crippen molar-refractivity contribution in [3.63, 3.8) is 0 Å². The molecule has 310 valence electrons. The van der Waals surface area contributed by atoms with Gasteiger partial charge in [-0.1, -0.05) is 110 Å². The first kappa shape index (κ1) is 43.0. The number of anilines is 2. The zero-order chi connectivity index (χ0) is 41.6. The van der Waals surface area contributed by atoms with Crippen molar-refractivity contribution in [3.8, 4) is 16.9 Å². The highest BCUT2D eigenvalue weighted by atomic mass is 16.7. The molecule has 5 aromatic rings. The van der Waals surface area contributed by atoms with Crippen LogP contribution >= 0.6 is 0 Å². The Bertz CT molecular complexity index is 2110. The molecule has 7 N–H and O–H groups in total. The van der Waals surface area contributed by atoms with Crippen LogP contribution in [0.15, 0.2) is 121 Å². The second-order valence-electron chi connectivity index (χ2n) is 15.3. The Morgan fingerprint density at radius 2 is 1.51 bits per heavy atom. The Balaban J connectivity index is 1.02. The molecular formula is C48H56N4O7. The number of aromatic hydroxyl groups is 1. The fraction of sp³-hybridized carbons (Fsp3) is 0.333. The van der Waals surface area contributed by atoms with E-state index in [0.717, 1.165) is 59.1 Å². The molecule has 0 aliphatic carbocycles. The molecule has 1 aliphatic heterocycles. The fourth-order valence-corrected chi connectivity index (χ4v) is 7.39. The summed E-state index contributed by atoms with van der Waals surface area (Å²) in [5.74, 6) is 0.0452. The zero-order valence-electron chi connectivity index (χ0n) is 33.6. The molecule has 11 heteroatoms. The average Bonchev–Trinajstić information content (AvgIpc) is 3.25. The number of rotatable bonds is 19. The van der Waals surface area contributed by atoms with E-state index in [1.807, 2.05) is 90.8 Å². The van der Waals surface area contributed by atoms with Crippen LogP contribution in [0, 0.1) is 0 Å². The van der Waals surface area contributed by atoms with E-state index in [0.29, 0.717) is 55.8 Å². The highest BCUT2D eigenvalue weighted by Crippen LogP contribution is 2.39. The van der Waals surface area contributed by atoms with Crippen LogP contribution in [0.4, 0.5) is 11.4 Å². The maximum absolute atomic E-state index is 12.8. The minimum absolute atomic E-state index is 0.00586. The van der Waals surface area contributed by atoms with Crippen LogP contribution in [0.1, 0.15) is 91.3 Å². The molecule has 5 aromatic carbocycles. The molecular weight excluding hydrogens is 745 g/mol. The van der Waals surface area contributed by atoms with Crippen molar-refractivity contribution in [2.75, 3.05) is 31.2 Å². The number of aliphatic hydroxyl groups is 2. The van der Waals surface area contributed by atoms with Crippen LogP contribution in [0.5, 0.6) is 5.75 Å². The topological polar surface area (TPSA) is 167 Å². The first-order chi connectivity index (χ1) is 28.6. The quantitative estimate of drug-likeness (QED) is 0.0359. The second kappa shape index (κ2) is 21.4. The third kappa shape index (κ3) is 12.7. The minimum Gasteiger partial charge on any atom is -0.508 e. The number of phenols is 1. The van der Waals surface area contributed by atoms with Crippen LogP contribution in [-0.4, -0.2) is 58.3 Å². The van der Waals surface area contributed by atoms with Gasteiger partial charge in [-0.05, 0) is 77.5 Å². The van der Waals surface area contributed by atoms with Crippen molar-refractivity contribution in [2.45, 2.75) is 82.7 Å². The number of benzene rings is 5. The number of unbranched alkanes of at least 4 members (excludes halogenated alkanes) is 3. The monoisotopic (exact) mass is 800 g/mol. The van der Waals surface area contributed by atoms with E-state index in [4.69, 9.17) is 15.2 Å². The summed E-state index contributed by atoms with van der Waals surface area (Å²) in [6, 6.07) is 37.8. The summed E-state index contributed by atoms with van der Waals surface area (Å²) in [4.78, 5) is 27.1. The van der Waals surface area contributed by atoms with Gasteiger partial charge in [0.05, 0.1) is 36.3 Å². The Labute approximate surface area is 346 Å². The summed E-state index contributed by atoms with van der Waals surface area (Å²) in [5.41, 5.74) is 13.4. The van der Waals surface area contributed by atoms with E-state index in [1.54, 1.807) is 36.4 Å². The molecule has 1 fully saturated rings. The summed E-state index contributed by atoms with van der Waals surface area (Å²) in [6.07, 6.45) is 2.76. The largest absolute Gasteiger partial charge is 0.508 e. The van der Waals surface area contributed by atoms with Crippen LogP contribution in [-0.2, 0) is 32.2 Å². The molecule has 1 heterocycles. The lowest BCUT2D eigenvalue weighted by atomic mass is 9.97. The maximum atomic E-state index is 12.8. The smallest absolute Gasteiger partial charge is 0.224 e. The van der Waals surface area contributed by atoms with Crippen molar-refractivity contribution < 1.29 is 34.4 Å². The maximum Gasteiger partial charge on any atom is 0.224 e. The van der Waals surface area contributed by atoms with Gasteiger partial charge < -0.3 is 46.1 Å². The molecule has 1 saturated heterocycles. The van der Waals surface area contributed by atoms with Crippen molar-refractivity contribution in [3.05, 3.63) is 149 Å². The first-order valence-electron chi connectivity index (χ1n) is 20.4. The van der Waals surface area contributed by atoms with E-state index in [9.17, 15) is 24.9 Å². The van der Waals surface area contributed by atoms with Gasteiger partial charge in [-0.15, -0.1) is 0 Å². The van der Waals surface area contributed by atoms with Crippen LogP contribution < -0.4 is 16.4 Å². The summed E-state index contributed by atoms with van der Waals surface area (Å²) in [5, 5.41) is 36.3. The molecule has 0 saturated carbocycles. The molecule has 0 aromatic heterocycles. The zero-order valence-corrected chi connectivity index (χ0v) is 33.6. The molecule has 11 nitrogen and oxygen atoms in total. The minimum atomic E-state index is -0.780. The van der Waals surface area contributed by atoms with Gasteiger partial charge in [0.1, 0.15) is 5.75 Å². The standard InChI is InChI=1S/C48H56N4O7/c1-52(31-44(55)37-12-10-13-39(54)27-37)30-40-28-45(35-21-19-33(32-53)20-22-35)59-48(58-40)36-25-23-34(24-26-36)41-14-7-6-11-38(41)29-50-46(56)17-4-2-3-5-18-47(57)51-43-16-9-8-15-42(43)49/h6-16,19-27,40,44-45,48,53-55H,2-5,17-18,28-32,49H2,1H3,(H,50,56)(H,51,57)/t40-,44-,45+,48+/m1/s1. The van der Waals surface area contributed by atoms with Gasteiger partial charge in [-0.2, -0.15) is 0 Å². The number of hydrogen-bond acceptors (Lipinski definition) is 9. The predicted octanol–water partition coefficient (Wildman–Crippen LogP) is 7.94. The van der Waals surface area contributed by atoms with E-state index in [-0.39, 0.29) is 36.4 Å². The lowest BCUT2D eigenvalue weighted by Crippen LogP contribution is -2.39. The number of nitrogen functional groups attached to an aromatic ring is 1. The number of carbonyl (C=O) groups excluding carboxylic acids is 2. The average molecular weight is 801 g/mol. The number of hydrogen-bond donors (Lipinski definition) is 6. The van der Waals surface area contributed by atoms with E-state index in [2.05, 4.69) is 16.7 Å². The molecule has 0 spiro atoms. The summed E-state index contributed by atoms with van der Waals surface area (Å²) < 4.78 is 13.2. The third-order valence-electron chi connectivity index (χ3n) is 10.6. The van der Waals surface area contributed by atoms with Gasteiger partial charge in [-0.3, -0.25) is 9.59 Å². The number of nitrogens with two attached hydrogens (primary N) is 1. The highest BCUT2D eigenvalue weighted by molar-refractivity contribution is 5.93. The van der Waals surface area contributed by atoms with E-state index < -0.39 is 12.4 Å². The Morgan fingerprint density at radius 1 is 0.814 bits per heavy atom. The molecule has 0 bridgehead atoms. The molecule has 0 unspecified atom stereocenters. The normalized spacial score (nSPS) is 17.1. The molecule has 0 radical (unpaired) electrons. The number of nitrogens with one attached hydrogen (secondary N) is 2. The van der Waals surface area contributed by atoms with Crippen molar-refractivity contribution >= 4 is 23.2 Å². The van der Waals surface area contributed by atoms with E-state index >= 15 is 0 Å². The summed E-state index contributed by atoms with van der Waals surface area (Å²) in [7, 11) is 1.94. The predicted molar refractivity (Wildman–Crippen MR) is 230 cm³/mol. The van der Waals surface area contributed by atoms with Crippen LogP contribution in [0.3, 0.4) is 0 Å². The van der Waals surface area contributed by atoms with Crippen LogP contribution in [0.25, 0.3) is 11.1 Å². The van der Waals surface area contributed by atoms with Crippen molar-refractivity contribution in [2.24, 2.45) is 0 Å². The Hall–Kier alpha value is -5.56. The third-order valence-corrected chi connectivity index (χ3v) is 10.6. The number of ether oxygens (including phenoxy) is 2. The number of nitrogens with zero attached hydrogens (tertiary/aromatic N) is 1. The molecule has 59 heavy (non-hydrogen) atoms. The van der Waals surface area contributed by atoms with Crippen LogP contribution in [0.2, 0.25) is 0 Å². The summed E-state index contributed by atoms with van der Waals surface area (Å²) >= 11 is 0. The number of aliphatic hydroxyl groups excluding tert-OH is 2. The van der Waals surface area contributed by atoms with Gasteiger partial charge >= 0.3 is 0 Å². The van der Waals surface area contributed by atoms with Gasteiger partial charge in [0.25, 0.3) is 0 Å². The summed E-state index contributed by atoms with van der Waals surface area (Å²) in [6.45, 7) is 1.27. The second-order valence-corrected chi connectivity index (χ2v) is 15.3. The number of carbonyl (C=O) groups is 2. The number of amides is 2. The highest BCUT2D eigenvalue weighted by Gasteiger charge is 2.33. The Kier molecular flexibility index (Phi) is 15.6. The lowest BCUT2D eigenvalue weighted by molar-refractivity contribution is -0.252. The number of likely N-dealkylation sites (N-methyl/N-ethyl adjacent to an activating group) is 1. The van der Waals surface area contributed by atoms with Gasteiger partial charge in [-0.25, -0.2) is 0 Å². The van der Waals surface area contributed by atoms with E-state index in [1.165, 1.54) is 0 Å². The lowest BCUT2D eigenvalue weighted by Gasteiger charge is -2.38. The van der Waals surface area contributed by atoms with Crippen molar-refractivity contribution in [1.82, 2.24) is 10.2 Å². The van der Waals surface area contributed by atoms with Gasteiger partial charge in [0.15, 0.2) is 6.29 Å². The van der Waals surface area contributed by atoms with Gasteiger partial charge in [0, 0.05) is 44.5 Å². The first-order valence-corrected chi connectivity index (χ1v) is 20.4. The number of para-hydroxylation sites is 2. The van der Waals surface area contributed by atoms with Crippen molar-refractivity contribution in [1.29, 1.82) is 0 Å². The molecule has 4 atom stereocenters. The Morgan fingerprint density at radius 3 is 2.24 bits per heavy atom. The fourth-order valence-electron chi connectivity index (χ4n) is 7.39. The van der Waals surface area contributed by atoms with Gasteiger partial charge in [0.2, 0.25) is 11.8 Å². The number of phenolic OH excluding ortho intramolecular Hbond substituents is 1. The SMILES string of the molecule is CN(C[C@H]1C[C@@H](c2ccc(CO)cc2)O[C@@H](c2ccc(-c3ccccc3CNC(=O)CCCCCCC(=O)Nc3ccccc3N)cc2)O1)C[C@@H](O)c1cccc(O)c1. The molecule has 2 amide bonds. The molecule has 1 aliphatic rings.